The van der Waals surface area contributed by atoms with Gasteiger partial charge in [0.15, 0.2) is 0 Å². The second-order valence-corrected chi connectivity index (χ2v) is 3.51. The normalized spacial score (nSPS) is 17.0. The molecule has 0 aromatic heterocycles. The zero-order chi connectivity index (χ0) is 9.84. The quantitative estimate of drug-likeness (QED) is 0.503. The first-order chi connectivity index (χ1) is 6.11. The Morgan fingerprint density at radius 3 is 2.62 bits per heavy atom. The first kappa shape index (κ1) is 9.98. The summed E-state index contributed by atoms with van der Waals surface area (Å²) in [4.78, 5) is 24.8. The number of urea groups is 1. The van der Waals surface area contributed by atoms with Gasteiger partial charge >= 0.3 is 6.03 Å². The van der Waals surface area contributed by atoms with Crippen LogP contribution in [0.25, 0.3) is 0 Å². The number of rotatable bonds is 4. The van der Waals surface area contributed by atoms with Crippen molar-refractivity contribution in [1.29, 1.82) is 0 Å². The lowest BCUT2D eigenvalue weighted by Gasteiger charge is -2.12. The molecule has 1 rings (SSSR count). The van der Waals surface area contributed by atoms with Crippen molar-refractivity contribution in [3.63, 3.8) is 0 Å². The minimum atomic E-state index is -0.251. The van der Waals surface area contributed by atoms with Crippen LogP contribution in [0.15, 0.2) is 0 Å². The Morgan fingerprint density at radius 1 is 1.46 bits per heavy atom. The molecule has 0 aliphatic carbocycles. The van der Waals surface area contributed by atoms with Crippen molar-refractivity contribution in [2.75, 3.05) is 33.7 Å². The molecule has 1 saturated heterocycles. The van der Waals surface area contributed by atoms with Crippen molar-refractivity contribution in [2.24, 2.45) is 0 Å². The van der Waals surface area contributed by atoms with E-state index in [0.29, 0.717) is 6.54 Å². The maximum absolute atomic E-state index is 11.1. The van der Waals surface area contributed by atoms with Crippen molar-refractivity contribution in [1.82, 2.24) is 10.2 Å². The molecular weight excluding hydrogens is 170 g/mol. The summed E-state index contributed by atoms with van der Waals surface area (Å²) in [6, 6.07) is -0.251. The molecule has 13 heavy (non-hydrogen) atoms. The summed E-state index contributed by atoms with van der Waals surface area (Å²) in [5.41, 5.74) is 0. The zero-order valence-electron chi connectivity index (χ0n) is 8.09. The van der Waals surface area contributed by atoms with Gasteiger partial charge in [-0.25, -0.2) is 4.79 Å². The number of quaternary nitrogens is 1. The summed E-state index contributed by atoms with van der Waals surface area (Å²) in [6.45, 7) is 1.67. The van der Waals surface area contributed by atoms with Crippen LogP contribution in [-0.2, 0) is 4.79 Å². The SMILES string of the molecule is C[NH+](C)CCCN1C(=O)CNC1=O. The van der Waals surface area contributed by atoms with Crippen molar-refractivity contribution < 1.29 is 14.5 Å². The first-order valence-electron chi connectivity index (χ1n) is 4.48. The number of hydrogen-bond donors (Lipinski definition) is 2. The Balaban J connectivity index is 2.27. The van der Waals surface area contributed by atoms with Gasteiger partial charge in [-0.1, -0.05) is 0 Å². The van der Waals surface area contributed by atoms with Gasteiger partial charge in [0.25, 0.3) is 0 Å². The maximum atomic E-state index is 11.1. The molecule has 0 aromatic carbocycles. The second kappa shape index (κ2) is 4.23. The summed E-state index contributed by atoms with van der Waals surface area (Å²) < 4.78 is 0. The largest absolute Gasteiger partial charge is 0.340 e. The molecule has 1 heterocycles. The molecule has 5 heteroatoms. The standard InChI is InChI=1S/C8H15N3O2/c1-10(2)4-3-5-11-7(12)6-9-8(11)13/h3-6H2,1-2H3,(H,9,13)/p+1. The molecule has 0 aromatic rings. The lowest BCUT2D eigenvalue weighted by atomic mass is 10.4. The Bertz CT molecular complexity index is 199. The van der Waals surface area contributed by atoms with E-state index in [1.807, 2.05) is 14.1 Å². The summed E-state index contributed by atoms with van der Waals surface area (Å²) >= 11 is 0. The molecule has 1 aliphatic heterocycles. The van der Waals surface area contributed by atoms with E-state index in [9.17, 15) is 9.59 Å². The fourth-order valence-corrected chi connectivity index (χ4v) is 1.27. The average molecular weight is 186 g/mol. The lowest BCUT2D eigenvalue weighted by molar-refractivity contribution is -0.858. The van der Waals surface area contributed by atoms with Crippen molar-refractivity contribution in [2.45, 2.75) is 6.42 Å². The van der Waals surface area contributed by atoms with Crippen LogP contribution in [0.1, 0.15) is 6.42 Å². The zero-order valence-corrected chi connectivity index (χ0v) is 8.09. The molecule has 2 N–H and O–H groups in total. The molecular formula is C8H16N3O2+. The van der Waals surface area contributed by atoms with Crippen molar-refractivity contribution in [3.8, 4) is 0 Å². The highest BCUT2D eigenvalue weighted by Gasteiger charge is 2.27. The van der Waals surface area contributed by atoms with E-state index in [-0.39, 0.29) is 18.5 Å². The van der Waals surface area contributed by atoms with Gasteiger partial charge in [0.1, 0.15) is 0 Å². The van der Waals surface area contributed by atoms with Gasteiger partial charge in [-0.15, -0.1) is 0 Å². The van der Waals surface area contributed by atoms with Crippen LogP contribution < -0.4 is 10.2 Å². The van der Waals surface area contributed by atoms with Crippen LogP contribution in [0.2, 0.25) is 0 Å². The van der Waals surface area contributed by atoms with Crippen LogP contribution in [0.4, 0.5) is 4.79 Å². The average Bonchev–Trinajstić information content (AvgIpc) is 2.34. The van der Waals surface area contributed by atoms with Gasteiger partial charge in [0, 0.05) is 13.0 Å². The van der Waals surface area contributed by atoms with Gasteiger partial charge in [-0.05, 0) is 0 Å². The number of nitrogens with one attached hydrogen (secondary N) is 2. The topological polar surface area (TPSA) is 53.9 Å². The van der Waals surface area contributed by atoms with Gasteiger partial charge < -0.3 is 10.2 Å². The van der Waals surface area contributed by atoms with Crippen molar-refractivity contribution in [3.05, 3.63) is 0 Å². The fourth-order valence-electron chi connectivity index (χ4n) is 1.27. The molecule has 1 fully saturated rings. The molecule has 3 amide bonds. The van der Waals surface area contributed by atoms with E-state index in [2.05, 4.69) is 5.32 Å². The Hall–Kier alpha value is -1.10. The predicted molar refractivity (Wildman–Crippen MR) is 47.4 cm³/mol. The summed E-state index contributed by atoms with van der Waals surface area (Å²) in [5, 5.41) is 2.49. The van der Waals surface area contributed by atoms with Crippen LogP contribution in [-0.4, -0.2) is 50.6 Å². The number of imide groups is 1. The highest BCUT2D eigenvalue weighted by atomic mass is 16.2. The lowest BCUT2D eigenvalue weighted by Crippen LogP contribution is -3.05. The minimum absolute atomic E-state index is 0.112. The molecule has 74 valence electrons. The number of hydrogen-bond acceptors (Lipinski definition) is 2. The Labute approximate surface area is 77.7 Å². The third-order valence-corrected chi connectivity index (χ3v) is 2.00. The van der Waals surface area contributed by atoms with E-state index >= 15 is 0 Å². The fraction of sp³-hybridized carbons (Fsp3) is 0.750. The highest BCUT2D eigenvalue weighted by Crippen LogP contribution is 1.98. The molecule has 5 nitrogen and oxygen atoms in total. The molecule has 0 spiro atoms. The number of amides is 3. The molecule has 0 radical (unpaired) electrons. The summed E-state index contributed by atoms with van der Waals surface area (Å²) in [7, 11) is 4.09. The monoisotopic (exact) mass is 186 g/mol. The molecule has 0 atom stereocenters. The summed E-state index contributed by atoms with van der Waals surface area (Å²) in [5.74, 6) is -0.112. The highest BCUT2D eigenvalue weighted by molar-refractivity contribution is 6.01. The van der Waals surface area contributed by atoms with Crippen LogP contribution >= 0.6 is 0 Å². The van der Waals surface area contributed by atoms with E-state index < -0.39 is 0 Å². The smallest absolute Gasteiger partial charge is 0.324 e. The third-order valence-electron chi connectivity index (χ3n) is 2.00. The van der Waals surface area contributed by atoms with E-state index in [0.717, 1.165) is 13.0 Å². The van der Waals surface area contributed by atoms with E-state index in [1.165, 1.54) is 9.80 Å². The number of carbonyl (C=O) groups excluding carboxylic acids is 2. The van der Waals surface area contributed by atoms with Crippen LogP contribution in [0.5, 0.6) is 0 Å². The van der Waals surface area contributed by atoms with Gasteiger partial charge in [0.2, 0.25) is 5.91 Å². The Kier molecular flexibility index (Phi) is 3.25. The number of nitrogens with zero attached hydrogens (tertiary/aromatic N) is 1. The van der Waals surface area contributed by atoms with Gasteiger partial charge in [-0.3, -0.25) is 9.69 Å². The van der Waals surface area contributed by atoms with E-state index in [1.54, 1.807) is 0 Å². The summed E-state index contributed by atoms with van der Waals surface area (Å²) in [6.07, 6.45) is 0.863. The minimum Gasteiger partial charge on any atom is -0.340 e. The van der Waals surface area contributed by atoms with Crippen molar-refractivity contribution >= 4 is 11.9 Å². The molecule has 0 saturated carbocycles. The van der Waals surface area contributed by atoms with E-state index in [4.69, 9.17) is 0 Å². The maximum Gasteiger partial charge on any atom is 0.324 e. The molecule has 0 bridgehead atoms. The van der Waals surface area contributed by atoms with Crippen LogP contribution in [0.3, 0.4) is 0 Å². The predicted octanol–water partition coefficient (Wildman–Crippen LogP) is -1.93. The molecule has 1 aliphatic rings. The van der Waals surface area contributed by atoms with Crippen LogP contribution in [0, 0.1) is 0 Å². The first-order valence-corrected chi connectivity index (χ1v) is 4.48. The Morgan fingerprint density at radius 2 is 2.15 bits per heavy atom. The third kappa shape index (κ3) is 2.69. The van der Waals surface area contributed by atoms with Gasteiger partial charge in [-0.2, -0.15) is 0 Å². The molecule has 0 unspecified atom stereocenters. The second-order valence-electron chi connectivity index (χ2n) is 3.51. The van der Waals surface area contributed by atoms with Gasteiger partial charge in [0.05, 0.1) is 27.2 Å². The number of carbonyl (C=O) groups is 2.